The van der Waals surface area contributed by atoms with Crippen LogP contribution in [0.4, 0.5) is 4.39 Å². The number of nitrogens with one attached hydrogen (secondary N) is 1. The molecule has 104 valence electrons. The molecule has 1 rings (SSSR count). The predicted octanol–water partition coefficient (Wildman–Crippen LogP) is 2.77. The number of halogens is 2. The Morgan fingerprint density at radius 3 is 2.84 bits per heavy atom. The van der Waals surface area contributed by atoms with E-state index in [0.717, 1.165) is 19.3 Å². The van der Waals surface area contributed by atoms with E-state index in [-0.39, 0.29) is 23.1 Å². The Bertz CT molecular complexity index is 429. The molecule has 2 N–H and O–H groups in total. The SMILES string of the molecule is O=C(/C=C/c1c(F)cccc1Cl)NCCCCCO. The van der Waals surface area contributed by atoms with E-state index in [2.05, 4.69) is 5.32 Å². The first kappa shape index (κ1) is 15.7. The van der Waals surface area contributed by atoms with Crippen molar-refractivity contribution in [1.82, 2.24) is 5.32 Å². The van der Waals surface area contributed by atoms with Crippen LogP contribution in [0.5, 0.6) is 0 Å². The number of hydrogen-bond acceptors (Lipinski definition) is 2. The molecule has 1 aromatic rings. The van der Waals surface area contributed by atoms with Gasteiger partial charge in [0.2, 0.25) is 5.91 Å². The zero-order valence-corrected chi connectivity index (χ0v) is 11.3. The third kappa shape index (κ3) is 5.85. The lowest BCUT2D eigenvalue weighted by Gasteiger charge is -2.02. The first-order chi connectivity index (χ1) is 9.15. The van der Waals surface area contributed by atoms with Crippen LogP contribution < -0.4 is 5.32 Å². The number of aliphatic hydroxyl groups excluding tert-OH is 1. The number of carbonyl (C=O) groups excluding carboxylic acids is 1. The normalized spacial score (nSPS) is 10.9. The molecule has 0 saturated carbocycles. The first-order valence-electron chi connectivity index (χ1n) is 6.16. The van der Waals surface area contributed by atoms with E-state index in [9.17, 15) is 9.18 Å². The molecule has 1 aromatic carbocycles. The fraction of sp³-hybridized carbons (Fsp3) is 0.357. The molecule has 0 fully saturated rings. The van der Waals surface area contributed by atoms with Gasteiger partial charge >= 0.3 is 0 Å². The molecular weight excluding hydrogens is 269 g/mol. The van der Waals surface area contributed by atoms with Gasteiger partial charge in [-0.15, -0.1) is 0 Å². The standard InChI is InChI=1S/C14H17ClFNO2/c15-12-5-4-6-13(16)11(12)7-8-14(19)17-9-2-1-3-10-18/h4-8,18H,1-3,9-10H2,(H,17,19)/b8-7+. The minimum absolute atomic E-state index is 0.166. The lowest BCUT2D eigenvalue weighted by Crippen LogP contribution is -2.22. The van der Waals surface area contributed by atoms with Crippen molar-refractivity contribution in [2.75, 3.05) is 13.2 Å². The summed E-state index contributed by atoms with van der Waals surface area (Å²) in [4.78, 5) is 11.5. The summed E-state index contributed by atoms with van der Waals surface area (Å²) in [5.74, 6) is -0.747. The summed E-state index contributed by atoms with van der Waals surface area (Å²) in [5, 5.41) is 11.5. The second kappa shape index (κ2) is 8.67. The summed E-state index contributed by atoms with van der Waals surface area (Å²) in [6, 6.07) is 4.37. The van der Waals surface area contributed by atoms with E-state index in [1.807, 2.05) is 0 Å². The number of aliphatic hydroxyl groups is 1. The maximum absolute atomic E-state index is 13.4. The molecule has 5 heteroatoms. The highest BCUT2D eigenvalue weighted by Crippen LogP contribution is 2.20. The smallest absolute Gasteiger partial charge is 0.244 e. The molecule has 0 spiro atoms. The molecule has 0 aliphatic rings. The number of benzene rings is 1. The molecule has 0 bridgehead atoms. The second-order valence-electron chi connectivity index (χ2n) is 4.04. The summed E-state index contributed by atoms with van der Waals surface area (Å²) in [7, 11) is 0. The van der Waals surface area contributed by atoms with Crippen molar-refractivity contribution in [2.24, 2.45) is 0 Å². The molecule has 0 aliphatic heterocycles. The fourth-order valence-electron chi connectivity index (χ4n) is 1.51. The van der Waals surface area contributed by atoms with Crippen LogP contribution in [0.15, 0.2) is 24.3 Å². The van der Waals surface area contributed by atoms with Crippen molar-refractivity contribution in [3.63, 3.8) is 0 Å². The van der Waals surface area contributed by atoms with Gasteiger partial charge in [-0.3, -0.25) is 4.79 Å². The Hall–Kier alpha value is -1.39. The van der Waals surface area contributed by atoms with E-state index < -0.39 is 5.82 Å². The monoisotopic (exact) mass is 285 g/mol. The molecule has 0 unspecified atom stereocenters. The minimum atomic E-state index is -0.459. The van der Waals surface area contributed by atoms with Gasteiger partial charge in [0, 0.05) is 24.8 Å². The number of carbonyl (C=O) groups is 1. The van der Waals surface area contributed by atoms with Gasteiger partial charge in [0.1, 0.15) is 5.82 Å². The van der Waals surface area contributed by atoms with E-state index in [1.54, 1.807) is 6.07 Å². The van der Waals surface area contributed by atoms with E-state index in [0.29, 0.717) is 6.54 Å². The summed E-state index contributed by atoms with van der Waals surface area (Å²) in [6.07, 6.45) is 5.02. The van der Waals surface area contributed by atoms with Gasteiger partial charge in [-0.2, -0.15) is 0 Å². The Balaban J connectivity index is 2.41. The Morgan fingerprint density at radius 1 is 1.37 bits per heavy atom. The average molecular weight is 286 g/mol. The predicted molar refractivity (Wildman–Crippen MR) is 74.4 cm³/mol. The maximum atomic E-state index is 13.4. The minimum Gasteiger partial charge on any atom is -0.396 e. The molecular formula is C14H17ClFNO2. The number of unbranched alkanes of at least 4 members (excludes halogenated alkanes) is 2. The van der Waals surface area contributed by atoms with Gasteiger partial charge in [0.25, 0.3) is 0 Å². The van der Waals surface area contributed by atoms with Crippen LogP contribution in [0, 0.1) is 5.82 Å². The zero-order chi connectivity index (χ0) is 14.1. The zero-order valence-electron chi connectivity index (χ0n) is 10.5. The molecule has 0 aliphatic carbocycles. The van der Waals surface area contributed by atoms with Gasteiger partial charge in [-0.1, -0.05) is 17.7 Å². The fourth-order valence-corrected chi connectivity index (χ4v) is 1.74. The van der Waals surface area contributed by atoms with Crippen molar-refractivity contribution < 1.29 is 14.3 Å². The lowest BCUT2D eigenvalue weighted by molar-refractivity contribution is -0.116. The topological polar surface area (TPSA) is 49.3 Å². The van der Waals surface area contributed by atoms with Crippen molar-refractivity contribution >= 4 is 23.6 Å². The highest BCUT2D eigenvalue weighted by molar-refractivity contribution is 6.32. The van der Waals surface area contributed by atoms with E-state index in [4.69, 9.17) is 16.7 Å². The van der Waals surface area contributed by atoms with Crippen LogP contribution in [-0.2, 0) is 4.79 Å². The molecule has 0 radical (unpaired) electrons. The second-order valence-corrected chi connectivity index (χ2v) is 4.45. The van der Waals surface area contributed by atoms with E-state index >= 15 is 0 Å². The molecule has 19 heavy (non-hydrogen) atoms. The maximum Gasteiger partial charge on any atom is 0.244 e. The van der Waals surface area contributed by atoms with Crippen molar-refractivity contribution in [1.29, 1.82) is 0 Å². The Labute approximate surface area is 117 Å². The van der Waals surface area contributed by atoms with Crippen LogP contribution in [0.1, 0.15) is 24.8 Å². The van der Waals surface area contributed by atoms with Gasteiger partial charge in [0.15, 0.2) is 0 Å². The van der Waals surface area contributed by atoms with Crippen LogP contribution in [-0.4, -0.2) is 24.2 Å². The van der Waals surface area contributed by atoms with Crippen LogP contribution in [0.2, 0.25) is 5.02 Å². The van der Waals surface area contributed by atoms with Gasteiger partial charge in [0.05, 0.1) is 5.02 Å². The number of amides is 1. The van der Waals surface area contributed by atoms with Crippen LogP contribution >= 0.6 is 11.6 Å². The third-order valence-electron chi connectivity index (χ3n) is 2.54. The summed E-state index contributed by atoms with van der Waals surface area (Å²) >= 11 is 5.83. The highest BCUT2D eigenvalue weighted by Gasteiger charge is 2.03. The number of rotatable bonds is 7. The first-order valence-corrected chi connectivity index (χ1v) is 6.53. The molecule has 0 saturated heterocycles. The van der Waals surface area contributed by atoms with Gasteiger partial charge in [-0.25, -0.2) is 4.39 Å². The summed E-state index contributed by atoms with van der Waals surface area (Å²) in [5.41, 5.74) is 0.208. The van der Waals surface area contributed by atoms with Crippen molar-refractivity contribution in [3.05, 3.63) is 40.7 Å². The van der Waals surface area contributed by atoms with Crippen LogP contribution in [0.3, 0.4) is 0 Å². The quantitative estimate of drug-likeness (QED) is 0.598. The molecule has 3 nitrogen and oxygen atoms in total. The Morgan fingerprint density at radius 2 is 2.16 bits per heavy atom. The van der Waals surface area contributed by atoms with Gasteiger partial charge < -0.3 is 10.4 Å². The summed E-state index contributed by atoms with van der Waals surface area (Å²) < 4.78 is 13.4. The molecule has 0 atom stereocenters. The molecule has 0 heterocycles. The van der Waals surface area contributed by atoms with E-state index in [1.165, 1.54) is 24.3 Å². The Kier molecular flexibility index (Phi) is 7.15. The average Bonchev–Trinajstić information content (AvgIpc) is 2.38. The largest absolute Gasteiger partial charge is 0.396 e. The highest BCUT2D eigenvalue weighted by atomic mass is 35.5. The third-order valence-corrected chi connectivity index (χ3v) is 2.86. The summed E-state index contributed by atoms with van der Waals surface area (Å²) in [6.45, 7) is 0.702. The van der Waals surface area contributed by atoms with Gasteiger partial charge in [-0.05, 0) is 37.5 Å². The number of hydrogen-bond donors (Lipinski definition) is 2. The van der Waals surface area contributed by atoms with Crippen LogP contribution in [0.25, 0.3) is 6.08 Å². The van der Waals surface area contributed by atoms with Crippen molar-refractivity contribution in [2.45, 2.75) is 19.3 Å². The molecule has 0 aromatic heterocycles. The molecule has 1 amide bonds. The lowest BCUT2D eigenvalue weighted by atomic mass is 10.2. The van der Waals surface area contributed by atoms with Crippen molar-refractivity contribution in [3.8, 4) is 0 Å².